The van der Waals surface area contributed by atoms with Crippen LogP contribution in [0.3, 0.4) is 0 Å². The van der Waals surface area contributed by atoms with Crippen LogP contribution in [0.4, 0.5) is 5.69 Å². The van der Waals surface area contributed by atoms with Gasteiger partial charge in [0.2, 0.25) is 0 Å². The van der Waals surface area contributed by atoms with Crippen LogP contribution >= 0.6 is 34.8 Å². The fraction of sp³-hybridized carbons (Fsp3) is 0.154. The van der Waals surface area contributed by atoms with Crippen molar-refractivity contribution >= 4 is 58.3 Å². The number of carboxylic acids is 1. The second-order valence-corrected chi connectivity index (χ2v) is 5.70. The topological polar surface area (TPSA) is 114 Å². The molecule has 2 N–H and O–H groups in total. The monoisotopic (exact) mass is 390 g/mol. The molecule has 0 spiro atoms. The third kappa shape index (κ3) is 4.44. The smallest absolute Gasteiger partial charge is 0.303 e. The van der Waals surface area contributed by atoms with Crippen LogP contribution in [-0.4, -0.2) is 37.9 Å². The van der Waals surface area contributed by atoms with Gasteiger partial charge in [-0.05, 0) is 18.2 Å². The standard InChI is InChI=1S/C13H9Cl3N4O4/c14-6-1-2-8(7(15)5-6)17-13(24)11-12(16)19-20(18-11)9(21)3-4-10(22)23/h1-2,5H,3-4H2,(H,17,24)(H,22,23). The Morgan fingerprint density at radius 1 is 1.12 bits per heavy atom. The van der Waals surface area contributed by atoms with Crippen LogP contribution in [0.25, 0.3) is 0 Å². The van der Waals surface area contributed by atoms with E-state index in [0.717, 1.165) is 0 Å². The van der Waals surface area contributed by atoms with Gasteiger partial charge in [-0.15, -0.1) is 15.0 Å². The number of aromatic nitrogens is 3. The molecule has 0 atom stereocenters. The number of amides is 1. The highest BCUT2D eigenvalue weighted by atomic mass is 35.5. The molecule has 0 radical (unpaired) electrons. The third-order valence-electron chi connectivity index (χ3n) is 2.74. The number of hydrogen-bond donors (Lipinski definition) is 2. The van der Waals surface area contributed by atoms with Crippen molar-refractivity contribution in [1.82, 2.24) is 15.0 Å². The number of carbonyl (C=O) groups excluding carboxylic acids is 2. The Bertz CT molecular complexity index is 822. The molecular formula is C13H9Cl3N4O4. The predicted octanol–water partition coefficient (Wildman–Crippen LogP) is 3.00. The van der Waals surface area contributed by atoms with E-state index >= 15 is 0 Å². The zero-order valence-corrected chi connectivity index (χ0v) is 14.1. The Morgan fingerprint density at radius 2 is 1.83 bits per heavy atom. The number of anilines is 1. The Balaban J connectivity index is 2.15. The molecule has 1 heterocycles. The predicted molar refractivity (Wildman–Crippen MR) is 86.9 cm³/mol. The average molecular weight is 392 g/mol. The number of aliphatic carboxylic acids is 1. The van der Waals surface area contributed by atoms with Crippen molar-refractivity contribution in [1.29, 1.82) is 0 Å². The van der Waals surface area contributed by atoms with Gasteiger partial charge in [0.05, 0.1) is 17.1 Å². The lowest BCUT2D eigenvalue weighted by Gasteiger charge is -2.05. The number of nitrogens with one attached hydrogen (secondary N) is 1. The van der Waals surface area contributed by atoms with Crippen LogP contribution in [0, 0.1) is 0 Å². The van der Waals surface area contributed by atoms with E-state index in [4.69, 9.17) is 39.9 Å². The maximum atomic E-state index is 12.2. The summed E-state index contributed by atoms with van der Waals surface area (Å²) in [6, 6.07) is 4.45. The fourth-order valence-corrected chi connectivity index (χ4v) is 2.28. The Morgan fingerprint density at radius 3 is 2.46 bits per heavy atom. The van der Waals surface area contributed by atoms with Crippen molar-refractivity contribution in [3.8, 4) is 0 Å². The second kappa shape index (κ2) is 7.61. The number of benzene rings is 1. The van der Waals surface area contributed by atoms with Crippen molar-refractivity contribution in [2.24, 2.45) is 0 Å². The van der Waals surface area contributed by atoms with E-state index in [1.54, 1.807) is 0 Å². The van der Waals surface area contributed by atoms with Crippen molar-refractivity contribution in [2.45, 2.75) is 12.8 Å². The van der Waals surface area contributed by atoms with Crippen LogP contribution in [0.5, 0.6) is 0 Å². The van der Waals surface area contributed by atoms with Crippen LogP contribution in [0.1, 0.15) is 28.1 Å². The van der Waals surface area contributed by atoms with E-state index in [1.165, 1.54) is 18.2 Å². The van der Waals surface area contributed by atoms with Gasteiger partial charge in [0.1, 0.15) is 0 Å². The van der Waals surface area contributed by atoms with Gasteiger partial charge in [0, 0.05) is 11.4 Å². The largest absolute Gasteiger partial charge is 0.481 e. The van der Waals surface area contributed by atoms with Crippen molar-refractivity contribution < 1.29 is 19.5 Å². The van der Waals surface area contributed by atoms with Gasteiger partial charge < -0.3 is 10.4 Å². The number of nitrogens with zero attached hydrogens (tertiary/aromatic N) is 3. The third-order valence-corrected chi connectivity index (χ3v) is 3.55. The molecule has 24 heavy (non-hydrogen) atoms. The summed E-state index contributed by atoms with van der Waals surface area (Å²) in [5, 5.41) is 18.6. The molecule has 0 aliphatic carbocycles. The molecule has 0 fully saturated rings. The first kappa shape index (κ1) is 18.2. The van der Waals surface area contributed by atoms with Gasteiger partial charge in [-0.3, -0.25) is 14.4 Å². The molecule has 0 saturated heterocycles. The summed E-state index contributed by atoms with van der Waals surface area (Å²) in [7, 11) is 0. The van der Waals surface area contributed by atoms with Gasteiger partial charge in [-0.2, -0.15) is 0 Å². The molecule has 0 bridgehead atoms. The second-order valence-electron chi connectivity index (χ2n) is 4.49. The molecule has 2 aromatic rings. The van der Waals surface area contributed by atoms with Crippen LogP contribution in [0.2, 0.25) is 15.2 Å². The molecule has 1 amide bonds. The summed E-state index contributed by atoms with van der Waals surface area (Å²) in [5.74, 6) is -2.58. The molecule has 0 aliphatic rings. The molecule has 0 aliphatic heterocycles. The number of hydrogen-bond acceptors (Lipinski definition) is 5. The number of halogens is 3. The Kier molecular flexibility index (Phi) is 5.76. The summed E-state index contributed by atoms with van der Waals surface area (Å²) >= 11 is 17.5. The maximum absolute atomic E-state index is 12.2. The van der Waals surface area contributed by atoms with E-state index in [0.29, 0.717) is 9.82 Å². The molecule has 0 saturated carbocycles. The molecule has 0 unspecified atom stereocenters. The molecule has 1 aromatic carbocycles. The van der Waals surface area contributed by atoms with Crippen LogP contribution in [0.15, 0.2) is 18.2 Å². The summed E-state index contributed by atoms with van der Waals surface area (Å²) in [4.78, 5) is 34.9. The minimum absolute atomic E-state index is 0.205. The lowest BCUT2D eigenvalue weighted by atomic mass is 10.3. The van der Waals surface area contributed by atoms with E-state index in [9.17, 15) is 14.4 Å². The summed E-state index contributed by atoms with van der Waals surface area (Å²) in [6.07, 6.45) is -0.718. The van der Waals surface area contributed by atoms with E-state index in [2.05, 4.69) is 15.5 Å². The van der Waals surface area contributed by atoms with Crippen molar-refractivity contribution in [2.75, 3.05) is 5.32 Å². The number of carbonyl (C=O) groups is 3. The van der Waals surface area contributed by atoms with Crippen LogP contribution < -0.4 is 5.32 Å². The molecule has 1 aromatic heterocycles. The Hall–Kier alpha value is -2.16. The van der Waals surface area contributed by atoms with Gasteiger partial charge in [0.15, 0.2) is 10.8 Å². The molecular weight excluding hydrogens is 383 g/mol. The molecule has 126 valence electrons. The lowest BCUT2D eigenvalue weighted by molar-refractivity contribution is -0.137. The summed E-state index contributed by atoms with van der Waals surface area (Å²) < 4.78 is 0. The first-order valence-electron chi connectivity index (χ1n) is 6.42. The quantitative estimate of drug-likeness (QED) is 0.810. The van der Waals surface area contributed by atoms with Gasteiger partial charge in [-0.1, -0.05) is 34.8 Å². The lowest BCUT2D eigenvalue weighted by Crippen LogP contribution is -2.18. The van der Waals surface area contributed by atoms with E-state index < -0.39 is 17.8 Å². The summed E-state index contributed by atoms with van der Waals surface area (Å²) in [5.41, 5.74) is -0.0276. The first-order valence-corrected chi connectivity index (χ1v) is 7.55. The molecule has 8 nitrogen and oxygen atoms in total. The van der Waals surface area contributed by atoms with Crippen molar-refractivity contribution in [3.63, 3.8) is 0 Å². The number of rotatable bonds is 5. The van der Waals surface area contributed by atoms with Gasteiger partial charge in [-0.25, -0.2) is 0 Å². The van der Waals surface area contributed by atoms with E-state index in [1.807, 2.05) is 0 Å². The highest BCUT2D eigenvalue weighted by Crippen LogP contribution is 2.26. The first-order chi connectivity index (χ1) is 11.3. The highest BCUT2D eigenvalue weighted by molar-refractivity contribution is 6.37. The van der Waals surface area contributed by atoms with Crippen molar-refractivity contribution in [3.05, 3.63) is 39.1 Å². The average Bonchev–Trinajstić information content (AvgIpc) is 2.89. The fourth-order valence-electron chi connectivity index (χ4n) is 1.63. The van der Waals surface area contributed by atoms with Gasteiger partial charge >= 0.3 is 5.97 Å². The molecule has 11 heteroatoms. The van der Waals surface area contributed by atoms with E-state index in [-0.39, 0.29) is 34.4 Å². The number of carboxylic acid groups (broad SMARTS) is 1. The maximum Gasteiger partial charge on any atom is 0.303 e. The highest BCUT2D eigenvalue weighted by Gasteiger charge is 2.21. The van der Waals surface area contributed by atoms with Crippen LogP contribution in [-0.2, 0) is 4.79 Å². The normalized spacial score (nSPS) is 10.5. The zero-order chi connectivity index (χ0) is 17.9. The SMILES string of the molecule is O=C(O)CCC(=O)n1nc(Cl)c(C(=O)Nc2ccc(Cl)cc2Cl)n1. The Labute approximate surface area is 150 Å². The van der Waals surface area contributed by atoms with Gasteiger partial charge in [0.25, 0.3) is 11.8 Å². The zero-order valence-electron chi connectivity index (χ0n) is 11.8. The minimum Gasteiger partial charge on any atom is -0.481 e. The minimum atomic E-state index is -1.14. The summed E-state index contributed by atoms with van der Waals surface area (Å²) in [6.45, 7) is 0. The molecule has 2 rings (SSSR count).